The molecule has 0 unspecified atom stereocenters. The third-order valence-corrected chi connectivity index (χ3v) is 4.46. The molecule has 3 aromatic rings. The molecule has 0 bridgehead atoms. The molecule has 0 amide bonds. The van der Waals surface area contributed by atoms with E-state index in [4.69, 9.17) is 11.6 Å². The minimum atomic E-state index is -4.99. The minimum absolute atomic E-state index is 0.0200. The van der Waals surface area contributed by atoms with Crippen LogP contribution in [0.25, 0.3) is 22.2 Å². The molecule has 0 saturated carbocycles. The van der Waals surface area contributed by atoms with Crippen LogP contribution in [0.4, 0.5) is 30.7 Å². The number of hydrogen-bond acceptors (Lipinski definition) is 1. The van der Waals surface area contributed by atoms with Gasteiger partial charge < -0.3 is 0 Å². The predicted octanol–water partition coefficient (Wildman–Crippen LogP) is 7.04. The lowest BCUT2D eigenvalue weighted by Gasteiger charge is -2.16. The molecule has 0 N–H and O–H groups in total. The van der Waals surface area contributed by atoms with Gasteiger partial charge in [0.05, 0.1) is 27.4 Å². The van der Waals surface area contributed by atoms with E-state index in [2.05, 4.69) is 4.98 Å². The Morgan fingerprint density at radius 3 is 1.93 bits per heavy atom. The van der Waals surface area contributed by atoms with Crippen LogP contribution in [0.1, 0.15) is 16.7 Å². The van der Waals surface area contributed by atoms with E-state index >= 15 is 0 Å². The van der Waals surface area contributed by atoms with E-state index in [1.165, 1.54) is 13.0 Å². The van der Waals surface area contributed by atoms with Crippen molar-refractivity contribution in [2.75, 3.05) is 0 Å². The highest BCUT2D eigenvalue weighted by atomic mass is 35.5. The van der Waals surface area contributed by atoms with Gasteiger partial charge in [0.1, 0.15) is 5.82 Å². The molecule has 1 aromatic heterocycles. The van der Waals surface area contributed by atoms with Crippen LogP contribution < -0.4 is 0 Å². The van der Waals surface area contributed by atoms with Crippen LogP contribution in [-0.4, -0.2) is 4.98 Å². The summed E-state index contributed by atoms with van der Waals surface area (Å²) >= 11 is 6.19. The quantitative estimate of drug-likeness (QED) is 0.394. The molecule has 1 nitrogen and oxygen atoms in total. The SMILES string of the molecule is Cc1c(-c2cc(C(F)(F)F)cc(C(F)(F)F)c2)nc2cc(F)ccc2c1Cl. The van der Waals surface area contributed by atoms with Gasteiger partial charge in [-0.2, -0.15) is 26.3 Å². The lowest BCUT2D eigenvalue weighted by Crippen LogP contribution is -2.11. The van der Waals surface area contributed by atoms with Crippen molar-refractivity contribution in [2.24, 2.45) is 0 Å². The molecule has 142 valence electrons. The second kappa shape index (κ2) is 6.37. The Balaban J connectivity index is 2.34. The summed E-state index contributed by atoms with van der Waals surface area (Å²) in [6, 6.07) is 4.62. The molecule has 0 atom stereocenters. The van der Waals surface area contributed by atoms with Gasteiger partial charge in [-0.25, -0.2) is 9.37 Å². The highest BCUT2D eigenvalue weighted by molar-refractivity contribution is 6.36. The summed E-state index contributed by atoms with van der Waals surface area (Å²) in [5.41, 5.74) is -3.33. The summed E-state index contributed by atoms with van der Waals surface area (Å²) in [4.78, 5) is 4.05. The summed E-state index contributed by atoms with van der Waals surface area (Å²) in [6.45, 7) is 1.42. The molecule has 1 heterocycles. The van der Waals surface area contributed by atoms with Crippen LogP contribution in [0.3, 0.4) is 0 Å². The molecule has 2 aromatic carbocycles. The van der Waals surface area contributed by atoms with Gasteiger partial charge in [0, 0.05) is 17.0 Å². The Labute approximate surface area is 153 Å². The van der Waals surface area contributed by atoms with Crippen LogP contribution in [0, 0.1) is 12.7 Å². The van der Waals surface area contributed by atoms with Crippen LogP contribution in [-0.2, 0) is 12.4 Å². The second-order valence-electron chi connectivity index (χ2n) is 5.86. The lowest BCUT2D eigenvalue weighted by atomic mass is 9.99. The van der Waals surface area contributed by atoms with Gasteiger partial charge in [-0.15, -0.1) is 0 Å². The Morgan fingerprint density at radius 1 is 0.852 bits per heavy atom. The maximum Gasteiger partial charge on any atom is 0.416 e. The molecule has 0 spiro atoms. The van der Waals surface area contributed by atoms with Crippen molar-refractivity contribution < 1.29 is 30.7 Å². The van der Waals surface area contributed by atoms with E-state index in [9.17, 15) is 30.7 Å². The van der Waals surface area contributed by atoms with Crippen LogP contribution in [0.5, 0.6) is 0 Å². The molecule has 9 heteroatoms. The third-order valence-electron chi connectivity index (χ3n) is 3.97. The zero-order valence-electron chi connectivity index (χ0n) is 13.4. The highest BCUT2D eigenvalue weighted by Crippen LogP contribution is 2.40. The zero-order valence-corrected chi connectivity index (χ0v) is 14.2. The summed E-state index contributed by atoms with van der Waals surface area (Å²) in [5.74, 6) is -0.666. The number of benzene rings is 2. The number of hydrogen-bond donors (Lipinski definition) is 0. The van der Waals surface area contributed by atoms with E-state index in [0.717, 1.165) is 12.1 Å². The van der Waals surface area contributed by atoms with Crippen molar-refractivity contribution in [3.05, 3.63) is 63.9 Å². The van der Waals surface area contributed by atoms with Crippen LogP contribution >= 0.6 is 11.6 Å². The normalized spacial score (nSPS) is 12.6. The number of fused-ring (bicyclic) bond motifs is 1. The lowest BCUT2D eigenvalue weighted by molar-refractivity contribution is -0.143. The molecular weight excluding hydrogens is 399 g/mol. The number of pyridine rings is 1. The first-order chi connectivity index (χ1) is 12.4. The largest absolute Gasteiger partial charge is 0.416 e. The predicted molar refractivity (Wildman–Crippen MR) is 86.9 cm³/mol. The monoisotopic (exact) mass is 407 g/mol. The third kappa shape index (κ3) is 3.71. The van der Waals surface area contributed by atoms with Gasteiger partial charge in [-0.1, -0.05) is 11.6 Å². The fourth-order valence-electron chi connectivity index (χ4n) is 2.67. The average molecular weight is 408 g/mol. The standard InChI is InChI=1S/C18H9ClF7N/c1-8-15(19)13-3-2-12(20)7-14(13)27-16(8)9-4-10(17(21,22)23)6-11(5-9)18(24,25)26/h2-7H,1H3. The van der Waals surface area contributed by atoms with Gasteiger partial charge in [-0.05, 0) is 42.8 Å². The molecule has 0 aliphatic heterocycles. The zero-order chi connectivity index (χ0) is 20.1. The molecular formula is C18H9ClF7N. The molecule has 0 aliphatic rings. The van der Waals surface area contributed by atoms with E-state index in [-0.39, 0.29) is 27.9 Å². The highest BCUT2D eigenvalue weighted by Gasteiger charge is 2.37. The van der Waals surface area contributed by atoms with E-state index in [0.29, 0.717) is 17.5 Å². The Kier molecular flexibility index (Phi) is 4.58. The number of nitrogens with zero attached hydrogens (tertiary/aromatic N) is 1. The number of alkyl halides is 6. The fraction of sp³-hybridized carbons (Fsp3) is 0.167. The Bertz CT molecular complexity index is 1010. The summed E-state index contributed by atoms with van der Waals surface area (Å²) in [7, 11) is 0. The van der Waals surface area contributed by atoms with Crippen molar-refractivity contribution in [2.45, 2.75) is 19.3 Å². The van der Waals surface area contributed by atoms with E-state index < -0.39 is 34.9 Å². The molecule has 0 saturated heterocycles. The van der Waals surface area contributed by atoms with Gasteiger partial charge in [0.2, 0.25) is 0 Å². The Hall–Kier alpha value is -2.35. The van der Waals surface area contributed by atoms with Crippen LogP contribution in [0.2, 0.25) is 5.02 Å². The topological polar surface area (TPSA) is 12.9 Å². The van der Waals surface area contributed by atoms with Crippen molar-refractivity contribution in [3.8, 4) is 11.3 Å². The van der Waals surface area contributed by atoms with Gasteiger partial charge in [0.25, 0.3) is 0 Å². The van der Waals surface area contributed by atoms with Crippen LogP contribution in [0.15, 0.2) is 36.4 Å². The van der Waals surface area contributed by atoms with Crippen molar-refractivity contribution >= 4 is 22.5 Å². The van der Waals surface area contributed by atoms with Crippen molar-refractivity contribution in [1.29, 1.82) is 0 Å². The second-order valence-corrected chi connectivity index (χ2v) is 6.23. The number of aromatic nitrogens is 1. The van der Waals surface area contributed by atoms with Gasteiger partial charge >= 0.3 is 12.4 Å². The minimum Gasteiger partial charge on any atom is -0.247 e. The first kappa shape index (κ1) is 19.4. The summed E-state index contributed by atoms with van der Waals surface area (Å²) in [6.07, 6.45) is -9.98. The van der Waals surface area contributed by atoms with E-state index in [1.54, 1.807) is 0 Å². The smallest absolute Gasteiger partial charge is 0.247 e. The van der Waals surface area contributed by atoms with Crippen molar-refractivity contribution in [3.63, 3.8) is 0 Å². The first-order valence-corrected chi connectivity index (χ1v) is 7.81. The maximum atomic E-state index is 13.5. The first-order valence-electron chi connectivity index (χ1n) is 7.43. The van der Waals surface area contributed by atoms with Crippen molar-refractivity contribution in [1.82, 2.24) is 4.98 Å². The molecule has 27 heavy (non-hydrogen) atoms. The molecule has 0 aliphatic carbocycles. The van der Waals surface area contributed by atoms with E-state index in [1.807, 2.05) is 0 Å². The maximum absolute atomic E-state index is 13.5. The fourth-order valence-corrected chi connectivity index (χ4v) is 2.92. The Morgan fingerprint density at radius 2 is 1.41 bits per heavy atom. The summed E-state index contributed by atoms with van der Waals surface area (Å²) < 4.78 is 91.9. The van der Waals surface area contributed by atoms with Gasteiger partial charge in [0.15, 0.2) is 0 Å². The number of halogens is 8. The molecule has 0 radical (unpaired) electrons. The molecule has 3 rings (SSSR count). The molecule has 0 fully saturated rings. The summed E-state index contributed by atoms with van der Waals surface area (Å²) in [5, 5.41) is 0.406. The average Bonchev–Trinajstić information content (AvgIpc) is 2.56. The van der Waals surface area contributed by atoms with Gasteiger partial charge in [-0.3, -0.25) is 0 Å². The number of rotatable bonds is 1.